The Morgan fingerprint density at radius 3 is 2.82 bits per heavy atom. The summed E-state index contributed by atoms with van der Waals surface area (Å²) in [6.45, 7) is 1.70. The number of pyridine rings is 1. The molecule has 2 heterocycles. The molecule has 4 atom stereocenters. The van der Waals surface area contributed by atoms with E-state index < -0.39 is 24.5 Å². The fourth-order valence-electron chi connectivity index (χ4n) is 2.56. The molecule has 2 aromatic rings. The molecule has 0 amide bonds. The predicted octanol–water partition coefficient (Wildman–Crippen LogP) is 2.14. The number of hydrogen-bond donors (Lipinski definition) is 2. The molecule has 0 radical (unpaired) electrons. The molecule has 6 heteroatoms. The minimum absolute atomic E-state index is 0.100. The molecule has 0 unspecified atom stereocenters. The quantitative estimate of drug-likeness (QED) is 0.906. The van der Waals surface area contributed by atoms with Gasteiger partial charge < -0.3 is 19.9 Å². The lowest BCUT2D eigenvalue weighted by molar-refractivity contribution is -0.0109. The van der Waals surface area contributed by atoms with Gasteiger partial charge in [0, 0.05) is 18.5 Å². The number of ether oxygens (including phenoxy) is 2. The van der Waals surface area contributed by atoms with Crippen LogP contribution in [0.5, 0.6) is 5.75 Å². The SMILES string of the molecule is CNc1ccc2ccc(OC[C@H]3O[C@@H](C)[C@@H](F)[C@@H]3O)cc2n1. The van der Waals surface area contributed by atoms with Crippen LogP contribution in [0.25, 0.3) is 10.9 Å². The highest BCUT2D eigenvalue weighted by Crippen LogP contribution is 2.26. The number of rotatable bonds is 4. The van der Waals surface area contributed by atoms with Crippen LogP contribution in [-0.4, -0.2) is 48.2 Å². The summed E-state index contributed by atoms with van der Waals surface area (Å²) in [5.41, 5.74) is 0.800. The maximum atomic E-state index is 13.5. The molecule has 0 bridgehead atoms. The van der Waals surface area contributed by atoms with Gasteiger partial charge >= 0.3 is 0 Å². The van der Waals surface area contributed by atoms with Crippen molar-refractivity contribution in [3.8, 4) is 5.75 Å². The minimum atomic E-state index is -1.37. The van der Waals surface area contributed by atoms with Crippen molar-refractivity contribution in [3.05, 3.63) is 30.3 Å². The first-order chi connectivity index (χ1) is 10.6. The van der Waals surface area contributed by atoms with Gasteiger partial charge in [-0.1, -0.05) is 0 Å². The molecule has 3 rings (SSSR count). The van der Waals surface area contributed by atoms with Crippen molar-refractivity contribution < 1.29 is 19.0 Å². The van der Waals surface area contributed by atoms with Crippen LogP contribution in [0.4, 0.5) is 10.2 Å². The molecule has 118 valence electrons. The molecule has 2 N–H and O–H groups in total. The number of alkyl halides is 1. The number of hydrogen-bond acceptors (Lipinski definition) is 5. The predicted molar refractivity (Wildman–Crippen MR) is 82.0 cm³/mol. The third-order valence-corrected chi connectivity index (χ3v) is 3.88. The molecular weight excluding hydrogens is 287 g/mol. The molecule has 1 fully saturated rings. The fraction of sp³-hybridized carbons (Fsp3) is 0.438. The Labute approximate surface area is 128 Å². The number of fused-ring (bicyclic) bond motifs is 1. The summed E-state index contributed by atoms with van der Waals surface area (Å²) in [6, 6.07) is 9.41. The smallest absolute Gasteiger partial charge is 0.154 e. The Morgan fingerprint density at radius 2 is 2.14 bits per heavy atom. The van der Waals surface area contributed by atoms with Crippen molar-refractivity contribution in [1.29, 1.82) is 0 Å². The van der Waals surface area contributed by atoms with Gasteiger partial charge in [-0.15, -0.1) is 0 Å². The van der Waals surface area contributed by atoms with Crippen molar-refractivity contribution in [2.75, 3.05) is 19.0 Å². The van der Waals surface area contributed by atoms with Crippen LogP contribution >= 0.6 is 0 Å². The molecule has 0 saturated carbocycles. The van der Waals surface area contributed by atoms with Gasteiger partial charge in [0.2, 0.25) is 0 Å². The Bertz CT molecular complexity index is 667. The molecule has 1 aromatic heterocycles. The van der Waals surface area contributed by atoms with E-state index in [1.165, 1.54) is 0 Å². The van der Waals surface area contributed by atoms with E-state index in [0.717, 1.165) is 16.7 Å². The van der Waals surface area contributed by atoms with Crippen LogP contribution in [-0.2, 0) is 4.74 Å². The largest absolute Gasteiger partial charge is 0.491 e. The molecular formula is C16H19FN2O3. The molecule has 1 aromatic carbocycles. The van der Waals surface area contributed by atoms with Gasteiger partial charge in [-0.05, 0) is 31.2 Å². The summed E-state index contributed by atoms with van der Waals surface area (Å²) in [6.07, 6.45) is -3.79. The van der Waals surface area contributed by atoms with Crippen LogP contribution in [0.2, 0.25) is 0 Å². The summed E-state index contributed by atoms with van der Waals surface area (Å²) in [5, 5.41) is 13.7. The molecule has 1 aliphatic heterocycles. The van der Waals surface area contributed by atoms with E-state index in [9.17, 15) is 9.50 Å². The van der Waals surface area contributed by atoms with Crippen LogP contribution in [0.1, 0.15) is 6.92 Å². The van der Waals surface area contributed by atoms with Crippen molar-refractivity contribution in [3.63, 3.8) is 0 Å². The second-order valence-electron chi connectivity index (χ2n) is 5.43. The Kier molecular flexibility index (Phi) is 4.13. The number of aliphatic hydroxyl groups is 1. The lowest BCUT2D eigenvalue weighted by Gasteiger charge is -2.15. The number of halogens is 1. The van der Waals surface area contributed by atoms with E-state index in [2.05, 4.69) is 10.3 Å². The number of nitrogens with zero attached hydrogens (tertiary/aromatic N) is 1. The summed E-state index contributed by atoms with van der Waals surface area (Å²) in [5.74, 6) is 1.38. The van der Waals surface area contributed by atoms with Crippen LogP contribution in [0, 0.1) is 0 Å². The van der Waals surface area contributed by atoms with E-state index in [1.54, 1.807) is 6.92 Å². The standard InChI is InChI=1S/C16H19FN2O3/c1-9-15(17)16(20)13(22-9)8-21-11-5-3-10-4-6-14(18-2)19-12(10)7-11/h3-7,9,13,15-16,20H,8H2,1-2H3,(H,18,19)/t9-,13+,15+,16+/m0/s1. The molecule has 1 aliphatic rings. The van der Waals surface area contributed by atoms with Gasteiger partial charge in [0.1, 0.15) is 30.4 Å². The van der Waals surface area contributed by atoms with Crippen LogP contribution < -0.4 is 10.1 Å². The highest BCUT2D eigenvalue weighted by atomic mass is 19.1. The zero-order valence-corrected chi connectivity index (χ0v) is 12.5. The van der Waals surface area contributed by atoms with Crippen LogP contribution in [0.3, 0.4) is 0 Å². The summed E-state index contributed by atoms with van der Waals surface area (Å²) in [4.78, 5) is 4.44. The van der Waals surface area contributed by atoms with E-state index in [-0.39, 0.29) is 6.61 Å². The van der Waals surface area contributed by atoms with Crippen molar-refractivity contribution in [2.24, 2.45) is 0 Å². The third kappa shape index (κ3) is 2.84. The maximum absolute atomic E-state index is 13.5. The topological polar surface area (TPSA) is 63.6 Å². The van der Waals surface area contributed by atoms with Gasteiger partial charge in [-0.25, -0.2) is 9.37 Å². The number of benzene rings is 1. The van der Waals surface area contributed by atoms with Gasteiger partial charge in [0.25, 0.3) is 0 Å². The monoisotopic (exact) mass is 306 g/mol. The average molecular weight is 306 g/mol. The van der Waals surface area contributed by atoms with Crippen LogP contribution in [0.15, 0.2) is 30.3 Å². The first-order valence-corrected chi connectivity index (χ1v) is 7.27. The highest BCUT2D eigenvalue weighted by molar-refractivity contribution is 5.81. The number of anilines is 1. The Morgan fingerprint density at radius 1 is 1.36 bits per heavy atom. The zero-order chi connectivity index (χ0) is 15.7. The van der Waals surface area contributed by atoms with Gasteiger partial charge in [0.05, 0.1) is 11.6 Å². The summed E-state index contributed by atoms with van der Waals surface area (Å²) in [7, 11) is 1.81. The summed E-state index contributed by atoms with van der Waals surface area (Å²) >= 11 is 0. The third-order valence-electron chi connectivity index (χ3n) is 3.88. The van der Waals surface area contributed by atoms with Crippen molar-refractivity contribution in [2.45, 2.75) is 31.4 Å². The second-order valence-corrected chi connectivity index (χ2v) is 5.43. The molecule has 1 saturated heterocycles. The van der Waals surface area contributed by atoms with Gasteiger partial charge in [-0.2, -0.15) is 0 Å². The maximum Gasteiger partial charge on any atom is 0.154 e. The van der Waals surface area contributed by atoms with E-state index in [4.69, 9.17) is 9.47 Å². The van der Waals surface area contributed by atoms with Crippen molar-refractivity contribution in [1.82, 2.24) is 4.98 Å². The fourth-order valence-corrected chi connectivity index (χ4v) is 2.56. The number of nitrogens with one attached hydrogen (secondary N) is 1. The van der Waals surface area contributed by atoms with E-state index >= 15 is 0 Å². The lowest BCUT2D eigenvalue weighted by Crippen LogP contribution is -2.32. The lowest BCUT2D eigenvalue weighted by atomic mass is 10.1. The number of aromatic nitrogens is 1. The molecule has 0 aliphatic carbocycles. The Balaban J connectivity index is 1.71. The normalized spacial score (nSPS) is 28.0. The van der Waals surface area contributed by atoms with Gasteiger partial charge in [0.15, 0.2) is 6.17 Å². The molecule has 5 nitrogen and oxygen atoms in total. The molecule has 0 spiro atoms. The molecule has 22 heavy (non-hydrogen) atoms. The van der Waals surface area contributed by atoms with Gasteiger partial charge in [-0.3, -0.25) is 0 Å². The van der Waals surface area contributed by atoms with Crippen molar-refractivity contribution >= 4 is 16.7 Å². The van der Waals surface area contributed by atoms with E-state index in [0.29, 0.717) is 5.75 Å². The summed E-state index contributed by atoms with van der Waals surface area (Å²) < 4.78 is 24.5. The first-order valence-electron chi connectivity index (χ1n) is 7.27. The zero-order valence-electron chi connectivity index (χ0n) is 12.5. The Hall–Kier alpha value is -1.92. The minimum Gasteiger partial charge on any atom is -0.491 e. The average Bonchev–Trinajstić information content (AvgIpc) is 2.79. The highest BCUT2D eigenvalue weighted by Gasteiger charge is 2.41. The second kappa shape index (κ2) is 6.06. The van der Waals surface area contributed by atoms with E-state index in [1.807, 2.05) is 37.4 Å². The number of aliphatic hydroxyl groups excluding tert-OH is 1. The first kappa shape index (κ1) is 15.0.